The molecule has 1 aromatic carbocycles. The molecular formula is C14H22ClNO. The van der Waals surface area contributed by atoms with Gasteiger partial charge in [-0.05, 0) is 31.0 Å². The molecule has 1 atom stereocenters. The fraction of sp³-hybridized carbons (Fsp3) is 0.571. The molecule has 2 nitrogen and oxygen atoms in total. The first-order chi connectivity index (χ1) is 8.22. The van der Waals surface area contributed by atoms with Gasteiger partial charge >= 0.3 is 0 Å². The van der Waals surface area contributed by atoms with E-state index in [1.807, 2.05) is 24.3 Å². The molecule has 0 saturated carbocycles. The highest BCUT2D eigenvalue weighted by molar-refractivity contribution is 6.30. The molecule has 0 aliphatic rings. The van der Waals surface area contributed by atoms with E-state index in [-0.39, 0.29) is 0 Å². The number of hydrogen-bond acceptors (Lipinski definition) is 2. The Kier molecular flexibility index (Phi) is 7.25. The van der Waals surface area contributed by atoms with E-state index < -0.39 is 0 Å². The van der Waals surface area contributed by atoms with Crippen molar-refractivity contribution in [3.63, 3.8) is 0 Å². The monoisotopic (exact) mass is 255 g/mol. The van der Waals surface area contributed by atoms with E-state index in [0.29, 0.717) is 12.6 Å². The van der Waals surface area contributed by atoms with Crippen molar-refractivity contribution in [1.82, 2.24) is 5.32 Å². The Morgan fingerprint density at radius 1 is 1.41 bits per heavy atom. The molecule has 0 radical (unpaired) electrons. The van der Waals surface area contributed by atoms with Gasteiger partial charge in [-0.3, -0.25) is 0 Å². The van der Waals surface area contributed by atoms with Gasteiger partial charge in [0.2, 0.25) is 0 Å². The average molecular weight is 256 g/mol. The van der Waals surface area contributed by atoms with Gasteiger partial charge in [0.25, 0.3) is 0 Å². The van der Waals surface area contributed by atoms with Crippen molar-refractivity contribution >= 4 is 11.6 Å². The van der Waals surface area contributed by atoms with Crippen molar-refractivity contribution in [3.8, 4) is 0 Å². The normalized spacial score (nSPS) is 12.6. The van der Waals surface area contributed by atoms with Crippen LogP contribution in [0.15, 0.2) is 24.3 Å². The van der Waals surface area contributed by atoms with E-state index in [0.717, 1.165) is 23.7 Å². The largest absolute Gasteiger partial charge is 0.375 e. The topological polar surface area (TPSA) is 21.3 Å². The van der Waals surface area contributed by atoms with E-state index in [1.165, 1.54) is 12.8 Å². The summed E-state index contributed by atoms with van der Waals surface area (Å²) in [5.74, 6) is 0. The summed E-state index contributed by atoms with van der Waals surface area (Å²) in [4.78, 5) is 0. The molecule has 0 aliphatic carbocycles. The van der Waals surface area contributed by atoms with Gasteiger partial charge in [0.15, 0.2) is 0 Å². The Bertz CT molecular complexity index is 317. The van der Waals surface area contributed by atoms with Crippen LogP contribution in [0.3, 0.4) is 0 Å². The Balaban J connectivity index is 2.08. The molecule has 1 rings (SSSR count). The Hall–Kier alpha value is -0.570. The number of nitrogens with one attached hydrogen (secondary N) is 1. The zero-order valence-electron chi connectivity index (χ0n) is 10.7. The highest BCUT2D eigenvalue weighted by atomic mass is 35.5. The lowest BCUT2D eigenvalue weighted by Crippen LogP contribution is -2.29. The minimum atomic E-state index is 0.578. The van der Waals surface area contributed by atoms with Crippen molar-refractivity contribution < 1.29 is 4.74 Å². The minimum Gasteiger partial charge on any atom is -0.375 e. The van der Waals surface area contributed by atoms with Crippen LogP contribution in [0.25, 0.3) is 0 Å². The van der Waals surface area contributed by atoms with Crippen LogP contribution < -0.4 is 5.32 Å². The third-order valence-corrected chi connectivity index (χ3v) is 2.85. The van der Waals surface area contributed by atoms with E-state index in [9.17, 15) is 0 Å². The third kappa shape index (κ3) is 6.67. The SMILES string of the molecule is CCCC(C)NCCOCc1cccc(Cl)c1. The molecule has 0 fully saturated rings. The molecule has 0 saturated heterocycles. The molecule has 96 valence electrons. The Morgan fingerprint density at radius 3 is 2.94 bits per heavy atom. The molecule has 0 spiro atoms. The number of hydrogen-bond donors (Lipinski definition) is 1. The summed E-state index contributed by atoms with van der Waals surface area (Å²) in [5, 5.41) is 4.19. The van der Waals surface area contributed by atoms with E-state index in [4.69, 9.17) is 16.3 Å². The fourth-order valence-electron chi connectivity index (χ4n) is 1.73. The predicted octanol–water partition coefficient (Wildman–Crippen LogP) is 3.63. The van der Waals surface area contributed by atoms with Gasteiger partial charge in [0, 0.05) is 17.6 Å². The fourth-order valence-corrected chi connectivity index (χ4v) is 1.94. The van der Waals surface area contributed by atoms with Crippen LogP contribution in [0.5, 0.6) is 0 Å². The molecule has 0 aliphatic heterocycles. The van der Waals surface area contributed by atoms with Gasteiger partial charge in [-0.15, -0.1) is 0 Å². The van der Waals surface area contributed by atoms with Crippen LogP contribution >= 0.6 is 11.6 Å². The summed E-state index contributed by atoms with van der Waals surface area (Å²) in [6.45, 7) is 6.68. The molecular weight excluding hydrogens is 234 g/mol. The lowest BCUT2D eigenvalue weighted by molar-refractivity contribution is 0.121. The van der Waals surface area contributed by atoms with E-state index in [2.05, 4.69) is 19.2 Å². The summed E-state index contributed by atoms with van der Waals surface area (Å²) < 4.78 is 5.58. The zero-order valence-corrected chi connectivity index (χ0v) is 11.5. The van der Waals surface area contributed by atoms with Gasteiger partial charge in [-0.25, -0.2) is 0 Å². The molecule has 3 heteroatoms. The van der Waals surface area contributed by atoms with Gasteiger partial charge < -0.3 is 10.1 Å². The summed E-state index contributed by atoms with van der Waals surface area (Å²) in [6.07, 6.45) is 2.44. The first-order valence-electron chi connectivity index (χ1n) is 6.28. The Morgan fingerprint density at radius 2 is 2.24 bits per heavy atom. The number of ether oxygens (including phenoxy) is 1. The van der Waals surface area contributed by atoms with Crippen LogP contribution in [0.2, 0.25) is 5.02 Å². The van der Waals surface area contributed by atoms with Crippen molar-refractivity contribution in [1.29, 1.82) is 0 Å². The van der Waals surface area contributed by atoms with Crippen LogP contribution in [0.4, 0.5) is 0 Å². The number of rotatable bonds is 8. The Labute approximate surface area is 109 Å². The van der Waals surface area contributed by atoms with Crippen LogP contribution in [-0.4, -0.2) is 19.2 Å². The first-order valence-corrected chi connectivity index (χ1v) is 6.65. The van der Waals surface area contributed by atoms with Crippen LogP contribution in [0, 0.1) is 0 Å². The van der Waals surface area contributed by atoms with Crippen molar-refractivity contribution in [3.05, 3.63) is 34.9 Å². The first kappa shape index (κ1) is 14.5. The summed E-state index contributed by atoms with van der Waals surface area (Å²) in [7, 11) is 0. The maximum absolute atomic E-state index is 5.89. The average Bonchev–Trinajstić information content (AvgIpc) is 2.29. The molecule has 0 amide bonds. The second-order valence-electron chi connectivity index (χ2n) is 4.33. The molecule has 0 aromatic heterocycles. The molecule has 1 aromatic rings. The maximum atomic E-state index is 5.89. The van der Waals surface area contributed by atoms with Crippen molar-refractivity contribution in [2.45, 2.75) is 39.3 Å². The van der Waals surface area contributed by atoms with Crippen molar-refractivity contribution in [2.75, 3.05) is 13.2 Å². The summed E-state index contributed by atoms with van der Waals surface area (Å²) in [6, 6.07) is 8.37. The van der Waals surface area contributed by atoms with E-state index in [1.54, 1.807) is 0 Å². The molecule has 0 heterocycles. The standard InChI is InChI=1S/C14H22ClNO/c1-3-5-12(2)16-8-9-17-11-13-6-4-7-14(15)10-13/h4,6-7,10,12,16H,3,5,8-9,11H2,1-2H3. The zero-order chi connectivity index (χ0) is 12.5. The molecule has 1 N–H and O–H groups in total. The van der Waals surface area contributed by atoms with E-state index >= 15 is 0 Å². The van der Waals surface area contributed by atoms with Gasteiger partial charge in [-0.1, -0.05) is 37.1 Å². The summed E-state index contributed by atoms with van der Waals surface area (Å²) in [5.41, 5.74) is 1.12. The van der Waals surface area contributed by atoms with Crippen LogP contribution in [-0.2, 0) is 11.3 Å². The van der Waals surface area contributed by atoms with Gasteiger partial charge in [0.05, 0.1) is 13.2 Å². The minimum absolute atomic E-state index is 0.578. The van der Waals surface area contributed by atoms with Crippen LogP contribution in [0.1, 0.15) is 32.3 Å². The predicted molar refractivity (Wildman–Crippen MR) is 73.5 cm³/mol. The van der Waals surface area contributed by atoms with Crippen molar-refractivity contribution in [2.24, 2.45) is 0 Å². The third-order valence-electron chi connectivity index (χ3n) is 2.62. The number of halogens is 1. The second-order valence-corrected chi connectivity index (χ2v) is 4.76. The second kappa shape index (κ2) is 8.51. The number of benzene rings is 1. The molecule has 17 heavy (non-hydrogen) atoms. The highest BCUT2D eigenvalue weighted by Gasteiger charge is 1.99. The smallest absolute Gasteiger partial charge is 0.0718 e. The molecule has 0 bridgehead atoms. The lowest BCUT2D eigenvalue weighted by Gasteiger charge is -2.12. The highest BCUT2D eigenvalue weighted by Crippen LogP contribution is 2.11. The quantitative estimate of drug-likeness (QED) is 0.717. The van der Waals surface area contributed by atoms with Gasteiger partial charge in [0.1, 0.15) is 0 Å². The maximum Gasteiger partial charge on any atom is 0.0718 e. The molecule has 1 unspecified atom stereocenters. The van der Waals surface area contributed by atoms with Gasteiger partial charge in [-0.2, -0.15) is 0 Å². The summed E-state index contributed by atoms with van der Waals surface area (Å²) >= 11 is 5.89. The lowest BCUT2D eigenvalue weighted by atomic mass is 10.2.